The van der Waals surface area contributed by atoms with Crippen molar-refractivity contribution >= 4 is 27.3 Å². The Morgan fingerprint density at radius 2 is 1.82 bits per heavy atom. The normalized spacial score (nSPS) is 15.7. The maximum Gasteiger partial charge on any atom is 0.252 e. The first-order valence-corrected chi connectivity index (χ1v) is 11.7. The first kappa shape index (κ1) is 21.0. The number of amides is 1. The fourth-order valence-electron chi connectivity index (χ4n) is 3.53. The summed E-state index contributed by atoms with van der Waals surface area (Å²) in [5, 5.41) is 1.70. The van der Waals surface area contributed by atoms with Crippen LogP contribution in [0.4, 0.5) is 4.39 Å². The van der Waals surface area contributed by atoms with Crippen molar-refractivity contribution in [2.24, 2.45) is 0 Å². The lowest BCUT2D eigenvalue weighted by atomic mass is 9.93. The molecule has 8 heteroatoms. The van der Waals surface area contributed by atoms with E-state index in [9.17, 15) is 17.6 Å². The highest BCUT2D eigenvalue weighted by Gasteiger charge is 2.30. The van der Waals surface area contributed by atoms with Crippen LogP contribution in [0.15, 0.2) is 46.0 Å². The van der Waals surface area contributed by atoms with Crippen LogP contribution < -0.4 is 0 Å². The summed E-state index contributed by atoms with van der Waals surface area (Å²) in [5.41, 5.74) is 0.837. The molecule has 0 aliphatic heterocycles. The second-order valence-electron chi connectivity index (χ2n) is 7.13. The summed E-state index contributed by atoms with van der Waals surface area (Å²) in [4.78, 5) is 14.9. The van der Waals surface area contributed by atoms with Crippen molar-refractivity contribution in [1.82, 2.24) is 9.21 Å². The van der Waals surface area contributed by atoms with Crippen molar-refractivity contribution in [3.8, 4) is 0 Å². The first-order chi connectivity index (χ1) is 13.4. The van der Waals surface area contributed by atoms with Crippen molar-refractivity contribution in [3.63, 3.8) is 0 Å². The number of carbonyl (C=O) groups is 1. The predicted molar refractivity (Wildman–Crippen MR) is 108 cm³/mol. The zero-order valence-corrected chi connectivity index (χ0v) is 17.5. The quantitative estimate of drug-likeness (QED) is 0.678. The summed E-state index contributed by atoms with van der Waals surface area (Å²) in [5.74, 6) is -0.542. The molecule has 0 spiro atoms. The van der Waals surface area contributed by atoms with E-state index in [1.165, 1.54) is 19.2 Å². The number of carbonyl (C=O) groups excluding carboxylic acids is 1. The molecule has 28 heavy (non-hydrogen) atoms. The van der Waals surface area contributed by atoms with Crippen LogP contribution in [-0.2, 0) is 21.4 Å². The van der Waals surface area contributed by atoms with Gasteiger partial charge in [0.2, 0.25) is 5.91 Å². The zero-order chi connectivity index (χ0) is 20.1. The lowest BCUT2D eigenvalue weighted by Gasteiger charge is -2.35. The Balaban J connectivity index is 1.76. The molecule has 2 aromatic rings. The Morgan fingerprint density at radius 1 is 1.14 bits per heavy atom. The van der Waals surface area contributed by atoms with E-state index in [-0.39, 0.29) is 28.5 Å². The molecule has 1 amide bonds. The molecule has 0 saturated heterocycles. The molecule has 1 fully saturated rings. The molecule has 1 aromatic heterocycles. The molecule has 1 aliphatic carbocycles. The maximum atomic E-state index is 13.2. The van der Waals surface area contributed by atoms with Gasteiger partial charge in [-0.05, 0) is 42.0 Å². The smallest absolute Gasteiger partial charge is 0.252 e. The number of halogens is 1. The molecule has 5 nitrogen and oxygen atoms in total. The number of hydrogen-bond donors (Lipinski definition) is 0. The van der Waals surface area contributed by atoms with Gasteiger partial charge in [-0.1, -0.05) is 37.5 Å². The molecule has 0 bridgehead atoms. The predicted octanol–water partition coefficient (Wildman–Crippen LogP) is 3.87. The Hall–Kier alpha value is -1.77. The average molecular weight is 425 g/mol. The van der Waals surface area contributed by atoms with Gasteiger partial charge in [-0.25, -0.2) is 12.8 Å². The standard InChI is InChI=1S/C20H25FN2O3S2/c1-22(28(25,26)20-8-5-13-27-20)15-19(24)23(18-6-3-2-4-7-18)14-16-9-11-17(21)12-10-16/h5,8-13,18H,2-4,6-7,14-15H2,1H3. The number of nitrogens with zero attached hydrogens (tertiary/aromatic N) is 2. The molecule has 1 aromatic carbocycles. The van der Waals surface area contributed by atoms with E-state index in [0.29, 0.717) is 6.54 Å². The van der Waals surface area contributed by atoms with E-state index < -0.39 is 10.0 Å². The SMILES string of the molecule is CN(CC(=O)N(Cc1ccc(F)cc1)C1CCCCC1)S(=O)(=O)c1cccs1. The highest BCUT2D eigenvalue weighted by Crippen LogP contribution is 2.25. The van der Waals surface area contributed by atoms with E-state index in [0.717, 1.165) is 53.3 Å². The second-order valence-corrected chi connectivity index (χ2v) is 10.4. The molecular formula is C20H25FN2O3S2. The molecule has 0 radical (unpaired) electrons. The Bertz CT molecular complexity index is 877. The van der Waals surface area contributed by atoms with E-state index in [4.69, 9.17) is 0 Å². The van der Waals surface area contributed by atoms with Crippen LogP contribution >= 0.6 is 11.3 Å². The molecule has 0 unspecified atom stereocenters. The molecule has 0 N–H and O–H groups in total. The van der Waals surface area contributed by atoms with E-state index in [1.807, 2.05) is 0 Å². The monoisotopic (exact) mass is 424 g/mol. The summed E-state index contributed by atoms with van der Waals surface area (Å²) in [7, 11) is -2.24. The maximum absolute atomic E-state index is 13.2. The van der Waals surface area contributed by atoms with Gasteiger partial charge in [0.25, 0.3) is 10.0 Å². The van der Waals surface area contributed by atoms with Crippen LogP contribution in [-0.4, -0.2) is 43.2 Å². The van der Waals surface area contributed by atoms with Gasteiger partial charge in [0.1, 0.15) is 10.0 Å². The first-order valence-electron chi connectivity index (χ1n) is 9.41. The molecule has 152 valence electrons. The molecule has 1 heterocycles. The van der Waals surface area contributed by atoms with Crippen LogP contribution in [0.25, 0.3) is 0 Å². The van der Waals surface area contributed by atoms with Gasteiger partial charge in [-0.3, -0.25) is 4.79 Å². The molecule has 0 atom stereocenters. The fourth-order valence-corrected chi connectivity index (χ4v) is 5.85. The van der Waals surface area contributed by atoms with Crippen molar-refractivity contribution in [2.45, 2.75) is 48.9 Å². The van der Waals surface area contributed by atoms with Crippen molar-refractivity contribution in [2.75, 3.05) is 13.6 Å². The summed E-state index contributed by atoms with van der Waals surface area (Å²) in [6.07, 6.45) is 5.09. The van der Waals surface area contributed by atoms with Gasteiger partial charge < -0.3 is 4.90 Å². The van der Waals surface area contributed by atoms with Crippen molar-refractivity contribution in [1.29, 1.82) is 0 Å². The van der Waals surface area contributed by atoms with Gasteiger partial charge >= 0.3 is 0 Å². The minimum absolute atomic E-state index is 0.0872. The lowest BCUT2D eigenvalue weighted by molar-refractivity contribution is -0.135. The van der Waals surface area contributed by atoms with E-state index >= 15 is 0 Å². The second kappa shape index (κ2) is 9.15. The van der Waals surface area contributed by atoms with Crippen LogP contribution in [0.5, 0.6) is 0 Å². The summed E-state index contributed by atoms with van der Waals surface area (Å²) in [6, 6.07) is 9.41. The summed E-state index contributed by atoms with van der Waals surface area (Å²) < 4.78 is 39.9. The van der Waals surface area contributed by atoms with Crippen LogP contribution in [0.1, 0.15) is 37.7 Å². The van der Waals surface area contributed by atoms with Crippen LogP contribution in [0.3, 0.4) is 0 Å². The number of hydrogen-bond acceptors (Lipinski definition) is 4. The van der Waals surface area contributed by atoms with E-state index in [2.05, 4.69) is 0 Å². The third-order valence-electron chi connectivity index (χ3n) is 5.12. The number of benzene rings is 1. The number of likely N-dealkylation sites (N-methyl/N-ethyl adjacent to an activating group) is 1. The van der Waals surface area contributed by atoms with Crippen molar-refractivity contribution < 1.29 is 17.6 Å². The molecule has 3 rings (SSSR count). The molecule has 1 aliphatic rings. The van der Waals surface area contributed by atoms with Crippen LogP contribution in [0, 0.1) is 5.82 Å². The van der Waals surface area contributed by atoms with Crippen molar-refractivity contribution in [3.05, 3.63) is 53.2 Å². The van der Waals surface area contributed by atoms with Gasteiger partial charge in [0.05, 0.1) is 6.54 Å². The lowest BCUT2D eigenvalue weighted by Crippen LogP contribution is -2.46. The Labute approximate surface area is 169 Å². The zero-order valence-electron chi connectivity index (χ0n) is 15.9. The molecule has 1 saturated carbocycles. The minimum Gasteiger partial charge on any atom is -0.334 e. The van der Waals surface area contributed by atoms with Crippen LogP contribution in [0.2, 0.25) is 0 Å². The highest BCUT2D eigenvalue weighted by molar-refractivity contribution is 7.91. The Kier molecular flexibility index (Phi) is 6.85. The van der Waals surface area contributed by atoms with Gasteiger partial charge in [0.15, 0.2) is 0 Å². The van der Waals surface area contributed by atoms with E-state index in [1.54, 1.807) is 34.5 Å². The number of rotatable bonds is 7. The third kappa shape index (κ3) is 4.98. The topological polar surface area (TPSA) is 57.7 Å². The fraction of sp³-hybridized carbons (Fsp3) is 0.450. The highest BCUT2D eigenvalue weighted by atomic mass is 32.2. The molecular weight excluding hydrogens is 399 g/mol. The van der Waals surface area contributed by atoms with Gasteiger partial charge in [-0.15, -0.1) is 11.3 Å². The number of thiophene rings is 1. The minimum atomic E-state index is -3.68. The number of sulfonamides is 1. The third-order valence-corrected chi connectivity index (χ3v) is 8.30. The Morgan fingerprint density at radius 3 is 2.43 bits per heavy atom. The average Bonchev–Trinajstić information content (AvgIpc) is 3.23. The summed E-state index contributed by atoms with van der Waals surface area (Å²) in [6.45, 7) is 0.147. The van der Waals surface area contributed by atoms with Gasteiger partial charge in [-0.2, -0.15) is 4.31 Å². The summed E-state index contributed by atoms with van der Waals surface area (Å²) >= 11 is 1.14. The van der Waals surface area contributed by atoms with Gasteiger partial charge in [0, 0.05) is 19.6 Å². The largest absolute Gasteiger partial charge is 0.334 e.